The smallest absolute Gasteiger partial charge is 0.759 e. The van der Waals surface area contributed by atoms with Crippen LogP contribution in [0.4, 0.5) is 0 Å². The summed E-state index contributed by atoms with van der Waals surface area (Å²) in [5, 5.41) is 0. The van der Waals surface area contributed by atoms with Gasteiger partial charge in [0.1, 0.15) is 0 Å². The van der Waals surface area contributed by atoms with Crippen LogP contribution in [0.3, 0.4) is 0 Å². The second-order valence-corrected chi connectivity index (χ2v) is 9.62. The van der Waals surface area contributed by atoms with Crippen molar-refractivity contribution in [1.29, 1.82) is 0 Å². The first-order valence-corrected chi connectivity index (χ1v) is 14.9. The standard InChI is InChI=1S/C18H38.2Al.3H2O4S.H2O/c1-3-5-7-9-11-13-15-17-18-16-14-12-10-8-6-4-2;;;3*1-5(2,3)4;/h3-18H2,1-2H3;;;3*(H2,1,2,3,4);1H2/q;2*+3;;;;/p-6. The van der Waals surface area contributed by atoms with E-state index >= 15 is 0 Å². The van der Waals surface area contributed by atoms with Crippen LogP contribution in [-0.4, -0.2) is 92.8 Å². The van der Waals surface area contributed by atoms with E-state index in [0.717, 1.165) is 0 Å². The van der Waals surface area contributed by atoms with Gasteiger partial charge in [0.05, 0.1) is 0 Å². The molecule has 13 nitrogen and oxygen atoms in total. The molecule has 0 saturated carbocycles. The molecular weight excluding hydrogens is 574 g/mol. The molecule has 0 aromatic heterocycles. The predicted octanol–water partition coefficient (Wildman–Crippen LogP) is 1.67. The summed E-state index contributed by atoms with van der Waals surface area (Å²) in [6, 6.07) is 0. The Bertz CT molecular complexity index is 590. The van der Waals surface area contributed by atoms with Crippen LogP contribution in [0, 0.1) is 0 Å². The van der Waals surface area contributed by atoms with E-state index < -0.39 is 31.2 Å². The van der Waals surface area contributed by atoms with E-state index in [4.69, 9.17) is 52.6 Å². The van der Waals surface area contributed by atoms with Gasteiger partial charge in [0.15, 0.2) is 0 Å². The van der Waals surface area contributed by atoms with Gasteiger partial charge in [-0.15, -0.1) is 0 Å². The molecule has 0 aliphatic heterocycles. The van der Waals surface area contributed by atoms with Gasteiger partial charge in [0.25, 0.3) is 0 Å². The Kier molecular flexibility index (Phi) is 52.4. The number of hydrogen-bond acceptors (Lipinski definition) is 12. The second kappa shape index (κ2) is 35.6. The van der Waals surface area contributed by atoms with E-state index in [1.54, 1.807) is 0 Å². The molecule has 0 aromatic carbocycles. The first-order valence-electron chi connectivity index (χ1n) is 10.9. The molecule has 0 saturated heterocycles. The van der Waals surface area contributed by atoms with Crippen molar-refractivity contribution < 1.29 is 58.0 Å². The van der Waals surface area contributed by atoms with Crippen LogP contribution in [0.15, 0.2) is 0 Å². The number of hydrogen-bond donors (Lipinski definition) is 0. The molecule has 2 N–H and O–H groups in total. The van der Waals surface area contributed by atoms with E-state index in [-0.39, 0.29) is 40.2 Å². The fraction of sp³-hybridized carbons (Fsp3) is 1.00. The molecule has 18 heteroatoms. The molecule has 0 aromatic rings. The molecule has 0 atom stereocenters. The Morgan fingerprint density at radius 3 is 0.528 bits per heavy atom. The van der Waals surface area contributed by atoms with E-state index in [2.05, 4.69) is 13.8 Å². The summed E-state index contributed by atoms with van der Waals surface area (Å²) in [4.78, 5) is 0. The van der Waals surface area contributed by atoms with Crippen molar-refractivity contribution in [2.45, 2.75) is 117 Å². The largest absolute Gasteiger partial charge is 3.00 e. The molecule has 0 heterocycles. The molecule has 36 heavy (non-hydrogen) atoms. The molecule has 0 radical (unpaired) electrons. The monoisotopic (exact) mass is 614 g/mol. The van der Waals surface area contributed by atoms with Crippen molar-refractivity contribution in [3.63, 3.8) is 0 Å². The summed E-state index contributed by atoms with van der Waals surface area (Å²) in [6.45, 7) is 4.59. The van der Waals surface area contributed by atoms with Gasteiger partial charge in [-0.3, -0.25) is 25.3 Å². The van der Waals surface area contributed by atoms with Gasteiger partial charge in [-0.05, 0) is 0 Å². The van der Waals surface area contributed by atoms with Crippen LogP contribution >= 0.6 is 0 Å². The summed E-state index contributed by atoms with van der Waals surface area (Å²) in [6.07, 6.45) is 23.4. The van der Waals surface area contributed by atoms with Gasteiger partial charge in [-0.25, -0.2) is 0 Å². The Labute approximate surface area is 239 Å². The summed E-state index contributed by atoms with van der Waals surface area (Å²) in [5.41, 5.74) is 0. The third-order valence-electron chi connectivity index (χ3n) is 3.96. The molecule has 0 bridgehead atoms. The molecule has 0 unspecified atom stereocenters. The van der Waals surface area contributed by atoms with E-state index in [0.29, 0.717) is 0 Å². The topological polar surface area (TPSA) is 272 Å². The Balaban J connectivity index is -0.0000000772. The third-order valence-corrected chi connectivity index (χ3v) is 3.96. The van der Waals surface area contributed by atoms with Gasteiger partial charge in [-0.1, -0.05) is 117 Å². The zero-order valence-corrected chi connectivity index (χ0v) is 25.9. The fourth-order valence-corrected chi connectivity index (χ4v) is 2.62. The normalized spacial score (nSPS) is 10.3. The van der Waals surface area contributed by atoms with Crippen molar-refractivity contribution >= 4 is 65.9 Å². The van der Waals surface area contributed by atoms with Crippen LogP contribution < -0.4 is 0 Å². The zero-order chi connectivity index (χ0) is 26.8. The van der Waals surface area contributed by atoms with Crippen LogP contribution in [0.5, 0.6) is 0 Å². The number of rotatable bonds is 15. The van der Waals surface area contributed by atoms with E-state index in [1.807, 2.05) is 0 Å². The molecule has 0 amide bonds. The average molecular weight is 615 g/mol. The maximum absolute atomic E-state index is 8.52. The van der Waals surface area contributed by atoms with Crippen LogP contribution in [-0.2, 0) is 31.2 Å². The van der Waals surface area contributed by atoms with Crippen molar-refractivity contribution in [1.82, 2.24) is 0 Å². The minimum atomic E-state index is -5.17. The molecule has 0 aliphatic rings. The summed E-state index contributed by atoms with van der Waals surface area (Å²) < 4.78 is 102. The number of unbranched alkanes of at least 4 members (excludes halogenated alkanes) is 15. The van der Waals surface area contributed by atoms with Crippen molar-refractivity contribution in [2.24, 2.45) is 0 Å². The van der Waals surface area contributed by atoms with Gasteiger partial charge in [-0.2, -0.15) is 0 Å². The molecular formula is C18H40Al2O13S3. The second-order valence-electron chi connectivity index (χ2n) is 7.17. The minimum absolute atomic E-state index is 0. The third kappa shape index (κ3) is 160. The van der Waals surface area contributed by atoms with Crippen LogP contribution in [0.2, 0.25) is 0 Å². The maximum Gasteiger partial charge on any atom is 3.00 e. The first-order chi connectivity index (χ1) is 14.9. The molecule has 0 aliphatic carbocycles. The first kappa shape index (κ1) is 53.0. The van der Waals surface area contributed by atoms with Crippen molar-refractivity contribution in [3.8, 4) is 0 Å². The predicted molar refractivity (Wildman–Crippen MR) is 132 cm³/mol. The SMILES string of the molecule is CCCCCCCCCCCCCCCCCC.O.O=S(=O)([O-])[O-].O=S(=O)([O-])[O-].O=S(=O)([O-])[O-].[Al+3].[Al+3]. The Hall–Kier alpha value is 0.635. The van der Waals surface area contributed by atoms with E-state index in [1.165, 1.54) is 103 Å². The van der Waals surface area contributed by atoms with Gasteiger partial charge >= 0.3 is 34.7 Å². The minimum Gasteiger partial charge on any atom is -0.759 e. The summed E-state index contributed by atoms with van der Waals surface area (Å²) >= 11 is 0. The van der Waals surface area contributed by atoms with Crippen molar-refractivity contribution in [3.05, 3.63) is 0 Å². The summed E-state index contributed by atoms with van der Waals surface area (Å²) in [7, 11) is -15.5. The molecule has 0 spiro atoms. The van der Waals surface area contributed by atoms with Crippen LogP contribution in [0.1, 0.15) is 117 Å². The van der Waals surface area contributed by atoms with E-state index in [9.17, 15) is 0 Å². The molecule has 214 valence electrons. The maximum atomic E-state index is 8.52. The summed E-state index contributed by atoms with van der Waals surface area (Å²) in [5.74, 6) is 0. The van der Waals surface area contributed by atoms with Gasteiger partial charge < -0.3 is 32.8 Å². The molecule has 0 fully saturated rings. The van der Waals surface area contributed by atoms with Gasteiger partial charge in [0.2, 0.25) is 0 Å². The molecule has 0 rings (SSSR count). The fourth-order valence-electron chi connectivity index (χ4n) is 2.62. The Morgan fingerprint density at radius 1 is 0.361 bits per heavy atom. The average Bonchev–Trinajstić information content (AvgIpc) is 2.58. The Morgan fingerprint density at radius 2 is 0.444 bits per heavy atom. The van der Waals surface area contributed by atoms with Crippen molar-refractivity contribution in [2.75, 3.05) is 0 Å². The quantitative estimate of drug-likeness (QED) is 0.110. The van der Waals surface area contributed by atoms with Crippen LogP contribution in [0.25, 0.3) is 0 Å². The van der Waals surface area contributed by atoms with Gasteiger partial charge in [0, 0.05) is 31.2 Å². The zero-order valence-electron chi connectivity index (χ0n) is 21.1.